The minimum absolute atomic E-state index is 0. The van der Waals surface area contributed by atoms with Crippen molar-refractivity contribution >= 4 is 0 Å². The lowest BCUT2D eigenvalue weighted by Crippen LogP contribution is -2.28. The van der Waals surface area contributed by atoms with Crippen LogP contribution in [0.25, 0.3) is 0 Å². The molecule has 0 fully saturated rings. The third-order valence-electron chi connectivity index (χ3n) is 0.697. The van der Waals surface area contributed by atoms with Gasteiger partial charge in [-0.2, -0.15) is 0 Å². The van der Waals surface area contributed by atoms with Crippen LogP contribution in [-0.4, -0.2) is 19.1 Å². The van der Waals surface area contributed by atoms with Crippen LogP contribution in [0.3, 0.4) is 0 Å². The molecule has 0 unspecified atom stereocenters. The summed E-state index contributed by atoms with van der Waals surface area (Å²) in [6.45, 7) is 5.88. The van der Waals surface area contributed by atoms with Crippen molar-refractivity contribution in [2.24, 2.45) is 5.73 Å². The number of nitrogens with one attached hydrogen (secondary N) is 1. The fourth-order valence-corrected chi connectivity index (χ4v) is 0.372. The first kappa shape index (κ1) is 10.8. The smallest absolute Gasteiger partial charge is 0.00768 e. The van der Waals surface area contributed by atoms with Crippen LogP contribution in [0.1, 0.15) is 13.8 Å². The zero-order chi connectivity index (χ0) is 5.70. The quantitative estimate of drug-likeness (QED) is 0.493. The maximum atomic E-state index is 5.21. The topological polar surface area (TPSA) is 73.0 Å². The van der Waals surface area contributed by atoms with Crippen molar-refractivity contribution in [2.45, 2.75) is 19.9 Å². The molecule has 0 radical (unpaired) electrons. The van der Waals surface area contributed by atoms with Crippen LogP contribution in [-0.2, 0) is 0 Å². The van der Waals surface area contributed by atoms with Crippen LogP contribution in [0.4, 0.5) is 0 Å². The Kier molecular flexibility index (Phi) is 9.28. The Bertz CT molecular complexity index is 36.7. The molecule has 0 heterocycles. The highest BCUT2D eigenvalue weighted by Crippen LogP contribution is 1.70. The monoisotopic (exact) mass is 119 g/mol. The molecular formula is C5H17N3. The van der Waals surface area contributed by atoms with Crippen LogP contribution in [0.15, 0.2) is 0 Å². The van der Waals surface area contributed by atoms with Crippen molar-refractivity contribution in [1.82, 2.24) is 11.5 Å². The van der Waals surface area contributed by atoms with E-state index in [1.807, 2.05) is 0 Å². The molecule has 0 atom stereocenters. The van der Waals surface area contributed by atoms with Gasteiger partial charge in [-0.3, -0.25) is 0 Å². The summed E-state index contributed by atoms with van der Waals surface area (Å²) in [6.07, 6.45) is 0. The molecule has 0 aromatic heterocycles. The molecule has 0 aromatic carbocycles. The van der Waals surface area contributed by atoms with E-state index in [-0.39, 0.29) is 6.15 Å². The molecule has 3 heteroatoms. The van der Waals surface area contributed by atoms with Crippen LogP contribution >= 0.6 is 0 Å². The molecule has 0 aliphatic heterocycles. The predicted octanol–water partition coefficient (Wildman–Crippen LogP) is 0.105. The summed E-state index contributed by atoms with van der Waals surface area (Å²) >= 11 is 0. The molecular weight excluding hydrogens is 102 g/mol. The number of hydrogen-bond acceptors (Lipinski definition) is 3. The summed E-state index contributed by atoms with van der Waals surface area (Å²) in [6, 6.07) is 0.573. The minimum atomic E-state index is 0. The lowest BCUT2D eigenvalue weighted by molar-refractivity contribution is 0.596. The van der Waals surface area contributed by atoms with Gasteiger partial charge >= 0.3 is 0 Å². The Morgan fingerprint density at radius 2 is 2.00 bits per heavy atom. The third-order valence-corrected chi connectivity index (χ3v) is 0.697. The SMILES string of the molecule is CC(C)NCCN.N. The summed E-state index contributed by atoms with van der Waals surface area (Å²) < 4.78 is 0. The Morgan fingerprint density at radius 3 is 2.12 bits per heavy atom. The minimum Gasteiger partial charge on any atom is -0.344 e. The fraction of sp³-hybridized carbons (Fsp3) is 1.00. The highest BCUT2D eigenvalue weighted by atomic mass is 14.9. The molecule has 0 amide bonds. The molecule has 3 nitrogen and oxygen atoms in total. The lowest BCUT2D eigenvalue weighted by atomic mass is 10.4. The fourth-order valence-electron chi connectivity index (χ4n) is 0.372. The van der Waals surface area contributed by atoms with Gasteiger partial charge in [0.05, 0.1) is 0 Å². The number of hydrogen-bond donors (Lipinski definition) is 3. The van der Waals surface area contributed by atoms with E-state index in [2.05, 4.69) is 19.2 Å². The largest absolute Gasteiger partial charge is 0.344 e. The van der Waals surface area contributed by atoms with Crippen LogP contribution in [0, 0.1) is 0 Å². The maximum absolute atomic E-state index is 5.21. The molecule has 0 saturated carbocycles. The average Bonchev–Trinajstić information content (AvgIpc) is 1.61. The Morgan fingerprint density at radius 1 is 1.50 bits per heavy atom. The predicted molar refractivity (Wildman–Crippen MR) is 37.2 cm³/mol. The summed E-state index contributed by atoms with van der Waals surface area (Å²) in [5, 5.41) is 3.17. The molecule has 8 heavy (non-hydrogen) atoms. The lowest BCUT2D eigenvalue weighted by Gasteiger charge is -2.03. The highest BCUT2D eigenvalue weighted by molar-refractivity contribution is 4.50. The van der Waals surface area contributed by atoms with E-state index < -0.39 is 0 Å². The van der Waals surface area contributed by atoms with Gasteiger partial charge in [-0.1, -0.05) is 13.8 Å². The van der Waals surface area contributed by atoms with Crippen LogP contribution in [0.2, 0.25) is 0 Å². The summed E-state index contributed by atoms with van der Waals surface area (Å²) in [7, 11) is 0. The third kappa shape index (κ3) is 9.30. The second kappa shape index (κ2) is 6.88. The van der Waals surface area contributed by atoms with E-state index in [1.165, 1.54) is 0 Å². The van der Waals surface area contributed by atoms with Gasteiger partial charge in [0.2, 0.25) is 0 Å². The highest BCUT2D eigenvalue weighted by Gasteiger charge is 1.85. The van der Waals surface area contributed by atoms with Gasteiger partial charge in [-0.25, -0.2) is 0 Å². The van der Waals surface area contributed by atoms with Gasteiger partial charge in [-0.05, 0) is 0 Å². The molecule has 52 valence electrons. The Balaban J connectivity index is 0. The normalized spacial score (nSPS) is 9.00. The van der Waals surface area contributed by atoms with Crippen LogP contribution < -0.4 is 17.2 Å². The first-order chi connectivity index (χ1) is 3.27. The van der Waals surface area contributed by atoms with Gasteiger partial charge in [0, 0.05) is 19.1 Å². The van der Waals surface area contributed by atoms with Gasteiger partial charge < -0.3 is 17.2 Å². The maximum Gasteiger partial charge on any atom is 0.00768 e. The Labute approximate surface area is 51.2 Å². The zero-order valence-corrected chi connectivity index (χ0v) is 5.78. The molecule has 0 saturated heterocycles. The van der Waals surface area contributed by atoms with Gasteiger partial charge in [-0.15, -0.1) is 0 Å². The first-order valence-electron chi connectivity index (χ1n) is 2.71. The molecule has 0 rings (SSSR count). The molecule has 6 N–H and O–H groups in total. The summed E-state index contributed by atoms with van der Waals surface area (Å²) in [4.78, 5) is 0. The standard InChI is InChI=1S/C5H14N2.H3N/c1-5(2)7-4-3-6;/h5,7H,3-4,6H2,1-2H3;1H3. The molecule has 0 bridgehead atoms. The van der Waals surface area contributed by atoms with Gasteiger partial charge in [0.25, 0.3) is 0 Å². The number of rotatable bonds is 3. The Hall–Kier alpha value is -0.120. The summed E-state index contributed by atoms with van der Waals surface area (Å²) in [5.41, 5.74) is 5.21. The van der Waals surface area contributed by atoms with Gasteiger partial charge in [0.1, 0.15) is 0 Å². The van der Waals surface area contributed by atoms with E-state index in [1.54, 1.807) is 0 Å². The zero-order valence-electron chi connectivity index (χ0n) is 5.78. The van der Waals surface area contributed by atoms with E-state index >= 15 is 0 Å². The van der Waals surface area contributed by atoms with Crippen molar-refractivity contribution in [3.8, 4) is 0 Å². The van der Waals surface area contributed by atoms with Crippen molar-refractivity contribution in [2.75, 3.05) is 13.1 Å². The number of nitrogens with two attached hydrogens (primary N) is 1. The van der Waals surface area contributed by atoms with Crippen molar-refractivity contribution in [1.29, 1.82) is 0 Å². The van der Waals surface area contributed by atoms with E-state index in [0.717, 1.165) is 13.1 Å². The first-order valence-corrected chi connectivity index (χ1v) is 2.71. The van der Waals surface area contributed by atoms with Gasteiger partial charge in [0.15, 0.2) is 0 Å². The second-order valence-electron chi connectivity index (χ2n) is 1.90. The van der Waals surface area contributed by atoms with E-state index in [9.17, 15) is 0 Å². The molecule has 0 aliphatic rings. The average molecular weight is 119 g/mol. The summed E-state index contributed by atoms with van der Waals surface area (Å²) in [5.74, 6) is 0. The van der Waals surface area contributed by atoms with Crippen molar-refractivity contribution < 1.29 is 0 Å². The van der Waals surface area contributed by atoms with Crippen molar-refractivity contribution in [3.05, 3.63) is 0 Å². The van der Waals surface area contributed by atoms with Crippen LogP contribution in [0.5, 0.6) is 0 Å². The molecule has 0 aliphatic carbocycles. The van der Waals surface area contributed by atoms with Crippen molar-refractivity contribution in [3.63, 3.8) is 0 Å². The van der Waals surface area contributed by atoms with E-state index in [0.29, 0.717) is 6.04 Å². The van der Waals surface area contributed by atoms with E-state index in [4.69, 9.17) is 5.73 Å². The molecule has 0 aromatic rings. The second-order valence-corrected chi connectivity index (χ2v) is 1.90. The molecule has 0 spiro atoms.